The molecule has 5 heteroatoms. The first-order chi connectivity index (χ1) is 16.5. The van der Waals surface area contributed by atoms with E-state index in [9.17, 15) is 4.79 Å². The molecule has 1 aliphatic rings. The fourth-order valence-electron chi connectivity index (χ4n) is 4.65. The van der Waals surface area contributed by atoms with Crippen LogP contribution in [0.4, 0.5) is 5.69 Å². The molecule has 34 heavy (non-hydrogen) atoms. The van der Waals surface area contributed by atoms with Gasteiger partial charge >= 0.3 is 0 Å². The molecule has 3 aromatic rings. The maximum absolute atomic E-state index is 12.7. The Morgan fingerprint density at radius 2 is 1.59 bits per heavy atom. The van der Waals surface area contributed by atoms with Crippen molar-refractivity contribution >= 4 is 11.6 Å². The van der Waals surface area contributed by atoms with Gasteiger partial charge in [0.25, 0.3) is 0 Å². The van der Waals surface area contributed by atoms with E-state index in [1.807, 2.05) is 48.5 Å². The average molecular weight is 459 g/mol. The molecule has 0 saturated carbocycles. The molecule has 1 saturated heterocycles. The van der Waals surface area contributed by atoms with E-state index in [2.05, 4.69) is 48.3 Å². The number of hydrogen-bond acceptors (Lipinski definition) is 4. The summed E-state index contributed by atoms with van der Waals surface area (Å²) in [7, 11) is 1.63. The largest absolute Gasteiger partial charge is 0.493 e. The molecule has 0 radical (unpaired) electrons. The van der Waals surface area contributed by atoms with E-state index in [-0.39, 0.29) is 5.91 Å². The highest BCUT2D eigenvalue weighted by Crippen LogP contribution is 2.31. The summed E-state index contributed by atoms with van der Waals surface area (Å²) in [6.45, 7) is 6.00. The van der Waals surface area contributed by atoms with E-state index in [1.54, 1.807) is 7.11 Å². The first-order valence-electron chi connectivity index (χ1n) is 12.0. The molecule has 1 heterocycles. The number of hydrogen-bond donors (Lipinski definition) is 1. The molecule has 4 rings (SSSR count). The zero-order chi connectivity index (χ0) is 23.9. The molecule has 0 aliphatic carbocycles. The topological polar surface area (TPSA) is 50.8 Å². The van der Waals surface area contributed by atoms with Crippen molar-refractivity contribution in [1.29, 1.82) is 0 Å². The summed E-state index contributed by atoms with van der Waals surface area (Å²) in [5, 5.41) is 2.99. The summed E-state index contributed by atoms with van der Waals surface area (Å²) >= 11 is 0. The first-order valence-corrected chi connectivity index (χ1v) is 12.0. The van der Waals surface area contributed by atoms with Crippen LogP contribution in [0.1, 0.15) is 32.3 Å². The standard InChI is InChI=1S/C29H34N2O3/c1-21-9-10-22(2)31(21)17-18-34-28-20-26(15-16-27(28)33-3)30-29(32)19-23-11-13-25(14-12-23)24-7-5-4-6-8-24/h4-8,11-16,20-22H,9-10,17-19H2,1-3H3,(H,30,32). The first kappa shape index (κ1) is 23.8. The van der Waals surface area contributed by atoms with Gasteiger partial charge in [-0.3, -0.25) is 9.69 Å². The normalized spacial score (nSPS) is 18.0. The zero-order valence-corrected chi connectivity index (χ0v) is 20.3. The summed E-state index contributed by atoms with van der Waals surface area (Å²) in [4.78, 5) is 15.2. The molecule has 1 aliphatic heterocycles. The number of nitrogens with one attached hydrogen (secondary N) is 1. The number of benzene rings is 3. The molecule has 0 bridgehead atoms. The molecule has 0 spiro atoms. The molecule has 3 aromatic carbocycles. The molecule has 178 valence electrons. The Kier molecular flexibility index (Phi) is 7.86. The highest BCUT2D eigenvalue weighted by atomic mass is 16.5. The van der Waals surface area contributed by atoms with Gasteiger partial charge in [0.15, 0.2) is 11.5 Å². The predicted molar refractivity (Wildman–Crippen MR) is 138 cm³/mol. The second-order valence-electron chi connectivity index (χ2n) is 9.02. The van der Waals surface area contributed by atoms with Crippen molar-refractivity contribution in [1.82, 2.24) is 4.90 Å². The Bertz CT molecular complexity index is 1070. The van der Waals surface area contributed by atoms with Crippen LogP contribution in [0.3, 0.4) is 0 Å². The maximum Gasteiger partial charge on any atom is 0.228 e. The number of methoxy groups -OCH3 is 1. The van der Waals surface area contributed by atoms with Gasteiger partial charge in [-0.2, -0.15) is 0 Å². The Balaban J connectivity index is 1.34. The smallest absolute Gasteiger partial charge is 0.228 e. The van der Waals surface area contributed by atoms with Crippen LogP contribution in [0.25, 0.3) is 11.1 Å². The molecular formula is C29H34N2O3. The quantitative estimate of drug-likeness (QED) is 0.441. The number of ether oxygens (including phenoxy) is 2. The minimum atomic E-state index is -0.0664. The summed E-state index contributed by atoms with van der Waals surface area (Å²) in [6, 6.07) is 25.0. The zero-order valence-electron chi connectivity index (χ0n) is 20.3. The van der Waals surface area contributed by atoms with Crippen LogP contribution in [0.5, 0.6) is 11.5 Å². The summed E-state index contributed by atoms with van der Waals surface area (Å²) in [5.74, 6) is 1.24. The second-order valence-corrected chi connectivity index (χ2v) is 9.02. The lowest BCUT2D eigenvalue weighted by Gasteiger charge is -2.26. The monoisotopic (exact) mass is 458 g/mol. The number of carbonyl (C=O) groups excluding carboxylic acids is 1. The summed E-state index contributed by atoms with van der Waals surface area (Å²) in [5.41, 5.74) is 3.97. The molecule has 0 aromatic heterocycles. The lowest BCUT2D eigenvalue weighted by molar-refractivity contribution is -0.115. The van der Waals surface area contributed by atoms with Crippen LogP contribution < -0.4 is 14.8 Å². The van der Waals surface area contributed by atoms with Crippen molar-refractivity contribution in [3.8, 4) is 22.6 Å². The van der Waals surface area contributed by atoms with Crippen molar-refractivity contribution in [3.63, 3.8) is 0 Å². The third kappa shape index (κ3) is 5.97. The fraction of sp³-hybridized carbons (Fsp3) is 0.345. The third-order valence-corrected chi connectivity index (χ3v) is 6.61. The van der Waals surface area contributed by atoms with Crippen LogP contribution in [0.2, 0.25) is 0 Å². The van der Waals surface area contributed by atoms with Gasteiger partial charge < -0.3 is 14.8 Å². The van der Waals surface area contributed by atoms with Crippen molar-refractivity contribution < 1.29 is 14.3 Å². The van der Waals surface area contributed by atoms with E-state index in [1.165, 1.54) is 12.8 Å². The molecule has 1 N–H and O–H groups in total. The summed E-state index contributed by atoms with van der Waals surface area (Å²) < 4.78 is 11.5. The summed E-state index contributed by atoms with van der Waals surface area (Å²) in [6.07, 6.45) is 2.78. The Morgan fingerprint density at radius 1 is 0.912 bits per heavy atom. The number of carbonyl (C=O) groups is 1. The van der Waals surface area contributed by atoms with Crippen LogP contribution in [0.15, 0.2) is 72.8 Å². The van der Waals surface area contributed by atoms with Crippen molar-refractivity contribution in [2.24, 2.45) is 0 Å². The van der Waals surface area contributed by atoms with Gasteiger partial charge in [0.2, 0.25) is 5.91 Å². The van der Waals surface area contributed by atoms with Gasteiger partial charge in [-0.05, 0) is 55.5 Å². The number of nitrogens with zero attached hydrogens (tertiary/aromatic N) is 1. The van der Waals surface area contributed by atoms with Gasteiger partial charge in [0, 0.05) is 30.4 Å². The maximum atomic E-state index is 12.7. The Hall–Kier alpha value is -3.31. The number of anilines is 1. The van der Waals surface area contributed by atoms with E-state index in [0.717, 1.165) is 23.2 Å². The average Bonchev–Trinajstić information content (AvgIpc) is 3.17. The van der Waals surface area contributed by atoms with Gasteiger partial charge in [-0.1, -0.05) is 54.6 Å². The number of amides is 1. The van der Waals surface area contributed by atoms with Crippen molar-refractivity contribution in [2.45, 2.75) is 45.2 Å². The lowest BCUT2D eigenvalue weighted by Crippen LogP contribution is -2.36. The van der Waals surface area contributed by atoms with Gasteiger partial charge in [-0.25, -0.2) is 0 Å². The Morgan fingerprint density at radius 3 is 2.26 bits per heavy atom. The minimum absolute atomic E-state index is 0.0664. The lowest BCUT2D eigenvalue weighted by atomic mass is 10.0. The fourth-order valence-corrected chi connectivity index (χ4v) is 4.65. The van der Waals surface area contributed by atoms with Crippen molar-refractivity contribution in [2.75, 3.05) is 25.6 Å². The molecular weight excluding hydrogens is 424 g/mol. The predicted octanol–water partition coefficient (Wildman–Crippen LogP) is 5.80. The van der Waals surface area contributed by atoms with Gasteiger partial charge in [0.05, 0.1) is 13.5 Å². The number of rotatable bonds is 9. The Labute approximate surface area is 202 Å². The molecule has 2 unspecified atom stereocenters. The van der Waals surface area contributed by atoms with E-state index in [4.69, 9.17) is 9.47 Å². The van der Waals surface area contributed by atoms with Crippen LogP contribution in [0, 0.1) is 0 Å². The highest BCUT2D eigenvalue weighted by molar-refractivity contribution is 5.92. The van der Waals surface area contributed by atoms with Gasteiger partial charge in [0.1, 0.15) is 6.61 Å². The van der Waals surface area contributed by atoms with Crippen LogP contribution >= 0.6 is 0 Å². The highest BCUT2D eigenvalue weighted by Gasteiger charge is 2.26. The van der Waals surface area contributed by atoms with Crippen molar-refractivity contribution in [3.05, 3.63) is 78.4 Å². The van der Waals surface area contributed by atoms with E-state index < -0.39 is 0 Å². The molecule has 5 nitrogen and oxygen atoms in total. The third-order valence-electron chi connectivity index (χ3n) is 6.61. The second kappa shape index (κ2) is 11.2. The van der Waals surface area contributed by atoms with E-state index in [0.29, 0.717) is 42.3 Å². The van der Waals surface area contributed by atoms with Crippen LogP contribution in [-0.2, 0) is 11.2 Å². The number of likely N-dealkylation sites (tertiary alicyclic amines) is 1. The van der Waals surface area contributed by atoms with Gasteiger partial charge in [-0.15, -0.1) is 0 Å². The minimum Gasteiger partial charge on any atom is -0.493 e. The molecule has 2 atom stereocenters. The SMILES string of the molecule is COc1ccc(NC(=O)Cc2ccc(-c3ccccc3)cc2)cc1OCCN1C(C)CCC1C. The van der Waals surface area contributed by atoms with E-state index >= 15 is 0 Å². The van der Waals surface area contributed by atoms with Crippen LogP contribution in [-0.4, -0.2) is 43.2 Å². The molecule has 1 amide bonds. The molecule has 1 fully saturated rings.